The Kier molecular flexibility index (Phi) is 4.26. The lowest BCUT2D eigenvalue weighted by Crippen LogP contribution is -2.57. The van der Waals surface area contributed by atoms with Crippen molar-refractivity contribution in [2.75, 3.05) is 26.2 Å². The molecule has 2 aliphatic heterocycles. The Labute approximate surface area is 125 Å². The van der Waals surface area contributed by atoms with Gasteiger partial charge in [-0.05, 0) is 25.8 Å². The molecule has 0 spiro atoms. The van der Waals surface area contributed by atoms with Gasteiger partial charge in [-0.2, -0.15) is 5.10 Å². The highest BCUT2D eigenvalue weighted by molar-refractivity contribution is 5.82. The lowest BCUT2D eigenvalue weighted by Gasteiger charge is -2.37. The van der Waals surface area contributed by atoms with Crippen LogP contribution in [-0.2, 0) is 16.6 Å². The van der Waals surface area contributed by atoms with Gasteiger partial charge in [-0.25, -0.2) is 0 Å². The quantitative estimate of drug-likeness (QED) is 0.862. The second-order valence-electron chi connectivity index (χ2n) is 5.99. The molecule has 2 atom stereocenters. The third-order valence-corrected chi connectivity index (χ3v) is 4.67. The maximum absolute atomic E-state index is 12.6. The van der Waals surface area contributed by atoms with E-state index in [0.29, 0.717) is 12.5 Å². The van der Waals surface area contributed by atoms with Crippen LogP contribution < -0.4 is 5.32 Å². The zero-order chi connectivity index (χ0) is 14.8. The third kappa shape index (κ3) is 2.96. The van der Waals surface area contributed by atoms with Gasteiger partial charge in [-0.3, -0.25) is 9.48 Å². The molecule has 1 aromatic heterocycles. The molecule has 2 fully saturated rings. The van der Waals surface area contributed by atoms with Gasteiger partial charge in [0, 0.05) is 44.5 Å². The molecule has 6 heteroatoms. The van der Waals surface area contributed by atoms with Crippen molar-refractivity contribution in [2.24, 2.45) is 7.05 Å². The van der Waals surface area contributed by atoms with Gasteiger partial charge in [0.15, 0.2) is 0 Å². The lowest BCUT2D eigenvalue weighted by atomic mass is 9.93. The number of ether oxygens (including phenoxy) is 1. The Hall–Kier alpha value is -1.40. The number of piperidine rings is 1. The first kappa shape index (κ1) is 14.5. The number of nitrogens with zero attached hydrogens (tertiary/aromatic N) is 3. The number of aryl methyl sites for hydroxylation is 1. The normalized spacial score (nSPS) is 27.8. The zero-order valence-electron chi connectivity index (χ0n) is 12.8. The van der Waals surface area contributed by atoms with Crippen LogP contribution in [-0.4, -0.2) is 59.0 Å². The maximum atomic E-state index is 12.6. The van der Waals surface area contributed by atoms with E-state index < -0.39 is 0 Å². The summed E-state index contributed by atoms with van der Waals surface area (Å²) in [4.78, 5) is 14.6. The molecule has 0 aliphatic carbocycles. The van der Waals surface area contributed by atoms with E-state index in [0.717, 1.165) is 32.5 Å². The highest BCUT2D eigenvalue weighted by Gasteiger charge is 2.34. The van der Waals surface area contributed by atoms with E-state index in [1.54, 1.807) is 0 Å². The Bertz CT molecular complexity index is 494. The molecule has 6 nitrogen and oxygen atoms in total. The van der Waals surface area contributed by atoms with Crippen LogP contribution in [0.1, 0.15) is 31.4 Å². The molecule has 3 rings (SSSR count). The number of hydrogen-bond donors (Lipinski definition) is 1. The summed E-state index contributed by atoms with van der Waals surface area (Å²) in [6.07, 6.45) is 3.82. The molecule has 0 aromatic carbocycles. The summed E-state index contributed by atoms with van der Waals surface area (Å²) in [6.45, 7) is 5.05. The van der Waals surface area contributed by atoms with Crippen LogP contribution in [0.15, 0.2) is 12.3 Å². The summed E-state index contributed by atoms with van der Waals surface area (Å²) in [5.41, 5.74) is 1.27. The first-order valence-corrected chi connectivity index (χ1v) is 7.78. The summed E-state index contributed by atoms with van der Waals surface area (Å²) in [5.74, 6) is 0.695. The number of rotatable bonds is 2. The van der Waals surface area contributed by atoms with Crippen LogP contribution >= 0.6 is 0 Å². The molecule has 3 heterocycles. The van der Waals surface area contributed by atoms with Gasteiger partial charge in [-0.1, -0.05) is 0 Å². The van der Waals surface area contributed by atoms with E-state index in [4.69, 9.17) is 4.74 Å². The van der Waals surface area contributed by atoms with Crippen molar-refractivity contribution < 1.29 is 9.53 Å². The topological polar surface area (TPSA) is 59.4 Å². The van der Waals surface area contributed by atoms with Gasteiger partial charge in [0.2, 0.25) is 5.91 Å². The Balaban J connectivity index is 1.58. The molecule has 1 amide bonds. The third-order valence-electron chi connectivity index (χ3n) is 4.67. The van der Waals surface area contributed by atoms with Crippen molar-refractivity contribution in [1.82, 2.24) is 20.0 Å². The minimum atomic E-state index is -0.188. The largest absolute Gasteiger partial charge is 0.375 e. The van der Waals surface area contributed by atoms with Crippen LogP contribution in [0.25, 0.3) is 0 Å². The molecular weight excluding hydrogens is 268 g/mol. The van der Waals surface area contributed by atoms with Crippen molar-refractivity contribution in [2.45, 2.75) is 37.8 Å². The fourth-order valence-corrected chi connectivity index (χ4v) is 3.39. The van der Waals surface area contributed by atoms with Gasteiger partial charge in [0.05, 0.1) is 12.7 Å². The fourth-order valence-electron chi connectivity index (χ4n) is 3.39. The number of morpholine rings is 1. The standard InChI is InChI=1S/C15H24N4O2/c1-11-14(16-7-10-21-11)15(20)19-8-4-12(5-9-19)13-3-6-17-18(13)2/h3,6,11-12,14,16H,4-5,7-10H2,1-2H3/t11-,14+/m1/s1. The predicted octanol–water partition coefficient (Wildman–Crippen LogP) is 0.503. The first-order chi connectivity index (χ1) is 10.2. The summed E-state index contributed by atoms with van der Waals surface area (Å²) < 4.78 is 7.52. The van der Waals surface area contributed by atoms with Gasteiger partial charge in [0.1, 0.15) is 6.04 Å². The van der Waals surface area contributed by atoms with Crippen LogP contribution in [0.4, 0.5) is 0 Å². The van der Waals surface area contributed by atoms with Gasteiger partial charge in [-0.15, -0.1) is 0 Å². The Morgan fingerprint density at radius 3 is 2.81 bits per heavy atom. The van der Waals surface area contributed by atoms with Crippen LogP contribution in [0.3, 0.4) is 0 Å². The number of aromatic nitrogens is 2. The molecule has 0 bridgehead atoms. The highest BCUT2D eigenvalue weighted by Crippen LogP contribution is 2.27. The summed E-state index contributed by atoms with van der Waals surface area (Å²) in [5, 5.41) is 7.52. The minimum absolute atomic E-state index is 0.0407. The van der Waals surface area contributed by atoms with Gasteiger partial charge >= 0.3 is 0 Å². The van der Waals surface area contributed by atoms with E-state index >= 15 is 0 Å². The SMILES string of the molecule is C[C@H]1OCCN[C@@H]1C(=O)N1CCC(c2ccnn2C)CC1. The lowest BCUT2D eigenvalue weighted by molar-refractivity contribution is -0.140. The molecule has 2 saturated heterocycles. The molecule has 2 aliphatic rings. The summed E-state index contributed by atoms with van der Waals surface area (Å²) in [7, 11) is 1.98. The molecule has 1 aromatic rings. The van der Waals surface area contributed by atoms with E-state index in [9.17, 15) is 4.79 Å². The second kappa shape index (κ2) is 6.15. The smallest absolute Gasteiger partial charge is 0.242 e. The molecule has 1 N–H and O–H groups in total. The van der Waals surface area contributed by atoms with Crippen LogP contribution in [0, 0.1) is 0 Å². The minimum Gasteiger partial charge on any atom is -0.375 e. The molecular formula is C15H24N4O2. The van der Waals surface area contributed by atoms with Crippen LogP contribution in [0.2, 0.25) is 0 Å². The van der Waals surface area contributed by atoms with Gasteiger partial charge in [0.25, 0.3) is 0 Å². The average Bonchev–Trinajstić information content (AvgIpc) is 2.93. The van der Waals surface area contributed by atoms with E-state index in [1.807, 2.05) is 29.7 Å². The predicted molar refractivity (Wildman–Crippen MR) is 79.0 cm³/mol. The van der Waals surface area contributed by atoms with E-state index in [1.165, 1.54) is 5.69 Å². The number of hydrogen-bond acceptors (Lipinski definition) is 4. The maximum Gasteiger partial charge on any atom is 0.242 e. The number of carbonyl (C=O) groups is 1. The molecule has 0 unspecified atom stereocenters. The van der Waals surface area contributed by atoms with Crippen molar-refractivity contribution in [3.63, 3.8) is 0 Å². The second-order valence-corrected chi connectivity index (χ2v) is 5.99. The summed E-state index contributed by atoms with van der Waals surface area (Å²) >= 11 is 0. The van der Waals surface area contributed by atoms with Gasteiger partial charge < -0.3 is 15.0 Å². The number of nitrogens with one attached hydrogen (secondary N) is 1. The van der Waals surface area contributed by atoms with E-state index in [-0.39, 0.29) is 18.1 Å². The number of likely N-dealkylation sites (tertiary alicyclic amines) is 1. The molecule has 0 radical (unpaired) electrons. The van der Waals surface area contributed by atoms with Crippen LogP contribution in [0.5, 0.6) is 0 Å². The highest BCUT2D eigenvalue weighted by atomic mass is 16.5. The van der Waals surface area contributed by atoms with E-state index in [2.05, 4.69) is 16.5 Å². The molecule has 21 heavy (non-hydrogen) atoms. The monoisotopic (exact) mass is 292 g/mol. The van der Waals surface area contributed by atoms with Crippen molar-refractivity contribution in [3.8, 4) is 0 Å². The molecule has 116 valence electrons. The zero-order valence-corrected chi connectivity index (χ0v) is 12.8. The Morgan fingerprint density at radius 2 is 2.19 bits per heavy atom. The fraction of sp³-hybridized carbons (Fsp3) is 0.733. The molecule has 0 saturated carbocycles. The number of carbonyl (C=O) groups excluding carboxylic acids is 1. The van der Waals surface area contributed by atoms with Crippen molar-refractivity contribution in [3.05, 3.63) is 18.0 Å². The average molecular weight is 292 g/mol. The summed E-state index contributed by atoms with van der Waals surface area (Å²) in [6, 6.07) is 1.90. The van der Waals surface area contributed by atoms with Crippen molar-refractivity contribution >= 4 is 5.91 Å². The first-order valence-electron chi connectivity index (χ1n) is 7.78. The van der Waals surface area contributed by atoms with Crippen molar-refractivity contribution in [1.29, 1.82) is 0 Å². The Morgan fingerprint density at radius 1 is 1.43 bits per heavy atom. The number of amides is 1.